The summed E-state index contributed by atoms with van der Waals surface area (Å²) in [6, 6.07) is 4.84. The SMILES string of the molecule is C=C(C)C1=C(C)C[C@@]2(C)C[C@@]3(C)Cc4c(CC(CC(C)C)CC(C)C)ccc(C)c4C(=C)C3=C(C)[C@@]2(C)C1=C. The zero-order chi connectivity index (χ0) is 29.2. The Morgan fingerprint density at radius 2 is 1.51 bits per heavy atom. The van der Waals surface area contributed by atoms with Gasteiger partial charge in [-0.05, 0) is 139 Å². The van der Waals surface area contributed by atoms with Gasteiger partial charge in [-0.3, -0.25) is 0 Å². The van der Waals surface area contributed by atoms with Crippen LogP contribution in [0.15, 0.2) is 65.3 Å². The van der Waals surface area contributed by atoms with Crippen LogP contribution in [0.1, 0.15) is 117 Å². The summed E-state index contributed by atoms with van der Waals surface area (Å²) in [5, 5.41) is 0. The first-order valence-electron chi connectivity index (χ1n) is 15.5. The zero-order valence-electron chi connectivity index (χ0n) is 27.3. The average molecular weight is 525 g/mol. The number of hydrogen-bond donors (Lipinski definition) is 0. The van der Waals surface area contributed by atoms with Crippen molar-refractivity contribution >= 4 is 5.57 Å². The Balaban J connectivity index is 1.88. The first-order chi connectivity index (χ1) is 18.0. The van der Waals surface area contributed by atoms with Crippen molar-refractivity contribution < 1.29 is 0 Å². The van der Waals surface area contributed by atoms with Gasteiger partial charge in [-0.2, -0.15) is 0 Å². The molecule has 1 aromatic rings. The summed E-state index contributed by atoms with van der Waals surface area (Å²) in [7, 11) is 0. The Kier molecular flexibility index (Phi) is 7.73. The number of allylic oxidation sites excluding steroid dienone is 7. The number of fused-ring (bicyclic) bond motifs is 3. The first-order valence-corrected chi connectivity index (χ1v) is 15.5. The van der Waals surface area contributed by atoms with Gasteiger partial charge >= 0.3 is 0 Å². The highest BCUT2D eigenvalue weighted by atomic mass is 14.6. The molecule has 0 aliphatic heterocycles. The molecule has 3 aliphatic rings. The minimum absolute atomic E-state index is 0.0812. The highest BCUT2D eigenvalue weighted by Crippen LogP contribution is 2.70. The average Bonchev–Trinajstić information content (AvgIpc) is 2.76. The second kappa shape index (κ2) is 10.1. The van der Waals surface area contributed by atoms with Gasteiger partial charge in [0.05, 0.1) is 0 Å². The standard InChI is InChI=1S/C39H56/c1-23(2)17-31(18-24(3)4)19-32-16-15-26(7)35-28(9)36-30(11)39(14)29(10)34(25(5)6)27(8)20-38(39,13)22-37(36,12)21-33(32)35/h15-16,23-24,31H,5,9-10,17-22H2,1-4,6-8,11-14H3/t37-,38+,39-/m1/s1. The van der Waals surface area contributed by atoms with Crippen molar-refractivity contribution in [2.24, 2.45) is 34.0 Å². The van der Waals surface area contributed by atoms with E-state index in [4.69, 9.17) is 13.2 Å². The van der Waals surface area contributed by atoms with Gasteiger partial charge in [-0.25, -0.2) is 0 Å². The van der Waals surface area contributed by atoms with Crippen LogP contribution in [0.2, 0.25) is 0 Å². The topological polar surface area (TPSA) is 0 Å². The first kappa shape index (κ1) is 29.9. The minimum atomic E-state index is -0.0960. The van der Waals surface area contributed by atoms with Crippen LogP contribution in [-0.2, 0) is 12.8 Å². The fraction of sp³-hybridized carbons (Fsp3) is 0.590. The Bertz CT molecular complexity index is 1280. The van der Waals surface area contributed by atoms with E-state index < -0.39 is 0 Å². The second-order valence-electron chi connectivity index (χ2n) is 15.4. The third kappa shape index (κ3) is 4.69. The fourth-order valence-electron chi connectivity index (χ4n) is 9.70. The zero-order valence-corrected chi connectivity index (χ0v) is 27.3. The summed E-state index contributed by atoms with van der Waals surface area (Å²) in [6.45, 7) is 40.3. The van der Waals surface area contributed by atoms with E-state index in [1.165, 1.54) is 63.8 Å². The molecule has 39 heavy (non-hydrogen) atoms. The summed E-state index contributed by atoms with van der Waals surface area (Å²) in [5.41, 5.74) is 15.6. The molecule has 0 fully saturated rings. The maximum absolute atomic E-state index is 4.88. The van der Waals surface area contributed by atoms with Gasteiger partial charge in [0.1, 0.15) is 0 Å². The maximum atomic E-state index is 4.88. The monoisotopic (exact) mass is 524 g/mol. The Hall–Kier alpha value is -2.08. The molecule has 0 saturated heterocycles. The van der Waals surface area contributed by atoms with E-state index in [0.717, 1.165) is 42.6 Å². The highest BCUT2D eigenvalue weighted by Gasteiger charge is 2.59. The van der Waals surface area contributed by atoms with Crippen molar-refractivity contribution in [1.29, 1.82) is 0 Å². The molecule has 0 radical (unpaired) electrons. The molecule has 0 bridgehead atoms. The van der Waals surface area contributed by atoms with Crippen LogP contribution in [0.4, 0.5) is 0 Å². The normalized spacial score (nSPS) is 28.9. The highest BCUT2D eigenvalue weighted by molar-refractivity contribution is 5.87. The van der Waals surface area contributed by atoms with E-state index in [1.54, 1.807) is 11.1 Å². The van der Waals surface area contributed by atoms with Crippen LogP contribution in [0, 0.1) is 40.9 Å². The summed E-state index contributed by atoms with van der Waals surface area (Å²) in [6.07, 6.45) is 7.19. The van der Waals surface area contributed by atoms with Crippen LogP contribution in [0.25, 0.3) is 5.57 Å². The number of aryl methyl sites for hydroxylation is 1. The van der Waals surface area contributed by atoms with E-state index in [9.17, 15) is 0 Å². The van der Waals surface area contributed by atoms with Gasteiger partial charge < -0.3 is 0 Å². The smallest absolute Gasteiger partial charge is 0.0194 e. The molecule has 0 aromatic heterocycles. The van der Waals surface area contributed by atoms with E-state index in [0.29, 0.717) is 0 Å². The summed E-state index contributed by atoms with van der Waals surface area (Å²) in [4.78, 5) is 0. The number of benzene rings is 1. The predicted octanol–water partition coefficient (Wildman–Crippen LogP) is 11.4. The lowest BCUT2D eigenvalue weighted by atomic mass is 9.41. The van der Waals surface area contributed by atoms with Gasteiger partial charge in [0, 0.05) is 5.41 Å². The van der Waals surface area contributed by atoms with Crippen molar-refractivity contribution in [2.45, 2.75) is 115 Å². The van der Waals surface area contributed by atoms with Gasteiger partial charge in [0.2, 0.25) is 0 Å². The largest absolute Gasteiger partial charge is 0.0955 e. The van der Waals surface area contributed by atoms with Crippen molar-refractivity contribution in [3.05, 3.63) is 87.6 Å². The molecule has 0 unspecified atom stereocenters. The van der Waals surface area contributed by atoms with E-state index in [1.807, 2.05) is 0 Å². The van der Waals surface area contributed by atoms with Crippen LogP contribution >= 0.6 is 0 Å². The third-order valence-electron chi connectivity index (χ3n) is 11.0. The van der Waals surface area contributed by atoms with Gasteiger partial charge in [0.15, 0.2) is 0 Å². The molecule has 0 saturated carbocycles. The summed E-state index contributed by atoms with van der Waals surface area (Å²) in [5.74, 6) is 2.20. The molecular formula is C39H56. The molecule has 3 aliphatic carbocycles. The lowest BCUT2D eigenvalue weighted by molar-refractivity contribution is 0.0543. The van der Waals surface area contributed by atoms with Crippen molar-refractivity contribution in [3.8, 4) is 0 Å². The molecule has 212 valence electrons. The number of rotatable bonds is 7. The van der Waals surface area contributed by atoms with Gasteiger partial charge in [-0.15, -0.1) is 0 Å². The van der Waals surface area contributed by atoms with Crippen LogP contribution in [-0.4, -0.2) is 0 Å². The Morgan fingerprint density at radius 3 is 2.05 bits per heavy atom. The molecular weight excluding hydrogens is 468 g/mol. The van der Waals surface area contributed by atoms with Gasteiger partial charge in [-0.1, -0.05) is 97.1 Å². The molecule has 0 N–H and O–H groups in total. The van der Waals surface area contributed by atoms with Crippen molar-refractivity contribution in [1.82, 2.24) is 0 Å². The lowest BCUT2D eigenvalue weighted by Crippen LogP contribution is -2.52. The quantitative estimate of drug-likeness (QED) is 0.333. The van der Waals surface area contributed by atoms with E-state index in [-0.39, 0.29) is 16.2 Å². The Morgan fingerprint density at radius 1 is 0.923 bits per heavy atom. The van der Waals surface area contributed by atoms with Crippen LogP contribution < -0.4 is 0 Å². The summed E-state index contributed by atoms with van der Waals surface area (Å²) >= 11 is 0. The summed E-state index contributed by atoms with van der Waals surface area (Å²) < 4.78 is 0. The van der Waals surface area contributed by atoms with E-state index in [2.05, 4.69) is 94.9 Å². The molecule has 0 heterocycles. The minimum Gasteiger partial charge on any atom is -0.0955 e. The molecule has 0 amide bonds. The van der Waals surface area contributed by atoms with E-state index >= 15 is 0 Å². The Labute approximate surface area is 241 Å². The molecule has 4 rings (SSSR count). The second-order valence-corrected chi connectivity index (χ2v) is 15.4. The number of hydrogen-bond acceptors (Lipinski definition) is 0. The molecule has 1 aromatic carbocycles. The van der Waals surface area contributed by atoms with Crippen LogP contribution in [0.3, 0.4) is 0 Å². The van der Waals surface area contributed by atoms with Crippen molar-refractivity contribution in [3.63, 3.8) is 0 Å². The molecule has 0 heteroatoms. The third-order valence-corrected chi connectivity index (χ3v) is 11.0. The molecule has 0 nitrogen and oxygen atoms in total. The predicted molar refractivity (Wildman–Crippen MR) is 173 cm³/mol. The molecule has 3 atom stereocenters. The van der Waals surface area contributed by atoms with Crippen molar-refractivity contribution in [2.75, 3.05) is 0 Å². The van der Waals surface area contributed by atoms with Crippen LogP contribution in [0.5, 0.6) is 0 Å². The molecule has 0 spiro atoms. The fourth-order valence-corrected chi connectivity index (χ4v) is 9.70. The van der Waals surface area contributed by atoms with Gasteiger partial charge in [0.25, 0.3) is 0 Å². The lowest BCUT2D eigenvalue weighted by Gasteiger charge is -2.62. The maximum Gasteiger partial charge on any atom is 0.0194 e.